The number of likely N-dealkylation sites (tertiary alicyclic amines) is 1. The van der Waals surface area contributed by atoms with Crippen molar-refractivity contribution in [2.75, 3.05) is 13.1 Å². The van der Waals surface area contributed by atoms with Gasteiger partial charge in [-0.3, -0.25) is 4.79 Å². The molecule has 6 heteroatoms. The van der Waals surface area contributed by atoms with E-state index in [9.17, 15) is 4.79 Å². The molecule has 1 aliphatic rings. The van der Waals surface area contributed by atoms with Crippen LogP contribution in [-0.2, 0) is 11.3 Å². The van der Waals surface area contributed by atoms with Crippen LogP contribution in [0, 0.1) is 0 Å². The van der Waals surface area contributed by atoms with E-state index in [4.69, 9.17) is 0 Å². The van der Waals surface area contributed by atoms with E-state index in [0.29, 0.717) is 18.9 Å². The van der Waals surface area contributed by atoms with Crippen LogP contribution >= 0.6 is 11.3 Å². The SMILES string of the molecule is O=C(CCn1cnc2ccccc21)N1CCCC(c2nccs2)C1. The van der Waals surface area contributed by atoms with Gasteiger partial charge in [0.2, 0.25) is 5.91 Å². The van der Waals surface area contributed by atoms with Gasteiger partial charge in [-0.05, 0) is 25.0 Å². The van der Waals surface area contributed by atoms with E-state index in [2.05, 4.69) is 14.5 Å². The third-order valence-corrected chi connectivity index (χ3v) is 5.61. The highest BCUT2D eigenvalue weighted by molar-refractivity contribution is 7.09. The zero-order valence-corrected chi connectivity index (χ0v) is 14.3. The van der Waals surface area contributed by atoms with Crippen LogP contribution in [0.3, 0.4) is 0 Å². The lowest BCUT2D eigenvalue weighted by Gasteiger charge is -2.32. The highest BCUT2D eigenvalue weighted by Crippen LogP contribution is 2.28. The number of nitrogens with zero attached hydrogens (tertiary/aromatic N) is 4. The fraction of sp³-hybridized carbons (Fsp3) is 0.389. The predicted octanol–water partition coefficient (Wildman–Crippen LogP) is 3.29. The molecule has 0 saturated carbocycles. The summed E-state index contributed by atoms with van der Waals surface area (Å²) in [7, 11) is 0. The molecule has 1 saturated heterocycles. The first kappa shape index (κ1) is 15.3. The van der Waals surface area contributed by atoms with Gasteiger partial charge in [-0.25, -0.2) is 9.97 Å². The van der Waals surface area contributed by atoms with Crippen LogP contribution in [-0.4, -0.2) is 38.4 Å². The van der Waals surface area contributed by atoms with Gasteiger partial charge >= 0.3 is 0 Å². The van der Waals surface area contributed by atoms with Crippen molar-refractivity contribution in [1.29, 1.82) is 0 Å². The third-order valence-electron chi connectivity index (χ3n) is 4.67. The second kappa shape index (κ2) is 6.73. The van der Waals surface area contributed by atoms with Crippen LogP contribution in [0.4, 0.5) is 0 Å². The molecule has 0 spiro atoms. The summed E-state index contributed by atoms with van der Waals surface area (Å²) < 4.78 is 2.06. The standard InChI is InChI=1S/C18H20N4OS/c23-17(7-10-22-13-20-15-5-1-2-6-16(15)22)21-9-3-4-14(12-21)18-19-8-11-24-18/h1-2,5-6,8,11,13-14H,3-4,7,9-10,12H2. The number of piperidine rings is 1. The first-order valence-corrected chi connectivity index (χ1v) is 9.26. The lowest BCUT2D eigenvalue weighted by atomic mass is 9.98. The molecule has 0 N–H and O–H groups in total. The monoisotopic (exact) mass is 340 g/mol. The van der Waals surface area contributed by atoms with E-state index in [1.807, 2.05) is 47.1 Å². The number of para-hydroxylation sites is 2. The minimum atomic E-state index is 0.231. The molecule has 0 aliphatic carbocycles. The van der Waals surface area contributed by atoms with Crippen LogP contribution in [0.25, 0.3) is 11.0 Å². The molecule has 1 atom stereocenters. The van der Waals surface area contributed by atoms with Gasteiger partial charge in [0.1, 0.15) is 0 Å². The molecule has 2 aromatic heterocycles. The van der Waals surface area contributed by atoms with Gasteiger partial charge in [-0.1, -0.05) is 12.1 Å². The number of aromatic nitrogens is 3. The van der Waals surface area contributed by atoms with Crippen LogP contribution in [0.5, 0.6) is 0 Å². The second-order valence-electron chi connectivity index (χ2n) is 6.23. The Morgan fingerprint density at radius 1 is 1.29 bits per heavy atom. The first-order valence-electron chi connectivity index (χ1n) is 8.38. The maximum Gasteiger partial charge on any atom is 0.224 e. The first-order chi connectivity index (χ1) is 11.8. The lowest BCUT2D eigenvalue weighted by molar-refractivity contribution is -0.132. The number of benzene rings is 1. The molecule has 0 bridgehead atoms. The van der Waals surface area contributed by atoms with E-state index in [1.165, 1.54) is 0 Å². The Morgan fingerprint density at radius 2 is 2.21 bits per heavy atom. The minimum Gasteiger partial charge on any atom is -0.342 e. The second-order valence-corrected chi connectivity index (χ2v) is 7.15. The largest absolute Gasteiger partial charge is 0.342 e. The third kappa shape index (κ3) is 3.06. The number of carbonyl (C=O) groups is 1. The molecule has 4 rings (SSSR count). The summed E-state index contributed by atoms with van der Waals surface area (Å²) >= 11 is 1.69. The summed E-state index contributed by atoms with van der Waals surface area (Å²) in [5.41, 5.74) is 2.07. The Bertz CT molecular complexity index is 827. The molecular weight excluding hydrogens is 320 g/mol. The van der Waals surface area contributed by atoms with E-state index in [0.717, 1.165) is 42.0 Å². The summed E-state index contributed by atoms with van der Waals surface area (Å²) in [6.45, 7) is 2.35. The number of carbonyl (C=O) groups excluding carboxylic acids is 1. The summed E-state index contributed by atoms with van der Waals surface area (Å²) in [5, 5.41) is 3.17. The number of thiazole rings is 1. The van der Waals surface area contributed by atoms with E-state index in [1.54, 1.807) is 11.3 Å². The van der Waals surface area contributed by atoms with Crippen LogP contribution in [0.1, 0.15) is 30.2 Å². The number of aryl methyl sites for hydroxylation is 1. The number of rotatable bonds is 4. The maximum atomic E-state index is 12.6. The van der Waals surface area contributed by atoms with Gasteiger partial charge < -0.3 is 9.47 Å². The Kier molecular flexibility index (Phi) is 4.30. The van der Waals surface area contributed by atoms with Crippen molar-refractivity contribution < 1.29 is 4.79 Å². The van der Waals surface area contributed by atoms with Gasteiger partial charge in [0, 0.05) is 43.5 Å². The zero-order valence-electron chi connectivity index (χ0n) is 13.5. The molecule has 124 valence electrons. The van der Waals surface area contributed by atoms with Crippen LogP contribution in [0.15, 0.2) is 42.2 Å². The fourth-order valence-electron chi connectivity index (χ4n) is 3.40. The van der Waals surface area contributed by atoms with Gasteiger partial charge in [0.05, 0.1) is 22.4 Å². The summed E-state index contributed by atoms with van der Waals surface area (Å²) in [6, 6.07) is 8.03. The van der Waals surface area contributed by atoms with E-state index in [-0.39, 0.29) is 5.91 Å². The Labute approximate surface area is 145 Å². The molecule has 1 aliphatic heterocycles. The normalized spacial score (nSPS) is 18.2. The molecule has 1 unspecified atom stereocenters. The van der Waals surface area contributed by atoms with Crippen LogP contribution in [0.2, 0.25) is 0 Å². The molecule has 1 amide bonds. The lowest BCUT2D eigenvalue weighted by Crippen LogP contribution is -2.39. The number of imidazole rings is 1. The van der Waals surface area contributed by atoms with Crippen molar-refractivity contribution in [3.63, 3.8) is 0 Å². The van der Waals surface area contributed by atoms with Gasteiger partial charge in [-0.2, -0.15) is 0 Å². The Morgan fingerprint density at radius 3 is 3.08 bits per heavy atom. The fourth-order valence-corrected chi connectivity index (χ4v) is 4.17. The highest BCUT2D eigenvalue weighted by Gasteiger charge is 2.25. The highest BCUT2D eigenvalue weighted by atomic mass is 32.1. The number of hydrogen-bond acceptors (Lipinski definition) is 4. The van der Waals surface area contributed by atoms with Crippen molar-refractivity contribution in [3.8, 4) is 0 Å². The van der Waals surface area contributed by atoms with E-state index < -0.39 is 0 Å². The Balaban J connectivity index is 1.39. The molecule has 5 nitrogen and oxygen atoms in total. The smallest absolute Gasteiger partial charge is 0.224 e. The molecule has 1 fully saturated rings. The molecule has 3 heterocycles. The van der Waals surface area contributed by atoms with Gasteiger partial charge in [0.15, 0.2) is 0 Å². The quantitative estimate of drug-likeness (QED) is 0.732. The average Bonchev–Trinajstić information content (AvgIpc) is 3.30. The summed E-state index contributed by atoms with van der Waals surface area (Å²) in [4.78, 5) is 23.4. The average molecular weight is 340 g/mol. The van der Waals surface area contributed by atoms with Gasteiger partial charge in [0.25, 0.3) is 0 Å². The molecule has 24 heavy (non-hydrogen) atoms. The predicted molar refractivity (Wildman–Crippen MR) is 95.0 cm³/mol. The van der Waals surface area contributed by atoms with Crippen molar-refractivity contribution in [1.82, 2.24) is 19.4 Å². The van der Waals surface area contributed by atoms with Crippen LogP contribution < -0.4 is 0 Å². The van der Waals surface area contributed by atoms with Crippen molar-refractivity contribution >= 4 is 28.3 Å². The zero-order chi connectivity index (χ0) is 16.4. The molecular formula is C18H20N4OS. The minimum absolute atomic E-state index is 0.231. The number of amides is 1. The van der Waals surface area contributed by atoms with Crippen molar-refractivity contribution in [2.45, 2.75) is 31.7 Å². The number of fused-ring (bicyclic) bond motifs is 1. The molecule has 1 aromatic carbocycles. The molecule has 3 aromatic rings. The van der Waals surface area contributed by atoms with E-state index >= 15 is 0 Å². The van der Waals surface area contributed by atoms with Crippen molar-refractivity contribution in [2.24, 2.45) is 0 Å². The maximum absolute atomic E-state index is 12.6. The van der Waals surface area contributed by atoms with Crippen molar-refractivity contribution in [3.05, 3.63) is 47.2 Å². The van der Waals surface area contributed by atoms with Gasteiger partial charge in [-0.15, -0.1) is 11.3 Å². The summed E-state index contributed by atoms with van der Waals surface area (Å²) in [6.07, 6.45) is 6.38. The Hall–Kier alpha value is -2.21. The summed E-state index contributed by atoms with van der Waals surface area (Å²) in [5.74, 6) is 0.630. The topological polar surface area (TPSA) is 51.0 Å². The molecule has 0 radical (unpaired) electrons. The number of hydrogen-bond donors (Lipinski definition) is 0.